The molecule has 2 rings (SSSR count). The van der Waals surface area contributed by atoms with Crippen LogP contribution in [0.5, 0.6) is 5.75 Å². The van der Waals surface area contributed by atoms with Gasteiger partial charge in [-0.15, -0.1) is 0 Å². The number of benzene rings is 1. The van der Waals surface area contributed by atoms with Crippen molar-refractivity contribution in [2.24, 2.45) is 0 Å². The van der Waals surface area contributed by atoms with Crippen LogP contribution in [0.4, 0.5) is 4.39 Å². The van der Waals surface area contributed by atoms with Crippen LogP contribution in [0.15, 0.2) is 18.2 Å². The van der Waals surface area contributed by atoms with Gasteiger partial charge in [0.15, 0.2) is 11.6 Å². The van der Waals surface area contributed by atoms with Gasteiger partial charge in [0.2, 0.25) is 0 Å². The number of hydrogen-bond donors (Lipinski definition) is 1. The molecule has 0 heterocycles. The molecule has 1 atom stereocenters. The normalized spacial score (nSPS) is 17.4. The summed E-state index contributed by atoms with van der Waals surface area (Å²) in [6, 6.07) is 6.78. The Morgan fingerprint density at radius 1 is 1.44 bits per heavy atom. The Labute approximate surface area is 107 Å². The lowest BCUT2D eigenvalue weighted by atomic mass is 10.1. The summed E-state index contributed by atoms with van der Waals surface area (Å²) in [5.41, 5.74) is 0.655. The van der Waals surface area contributed by atoms with Gasteiger partial charge in [0.25, 0.3) is 0 Å². The highest BCUT2D eigenvalue weighted by atomic mass is 19.1. The van der Waals surface area contributed by atoms with Crippen LogP contribution in [0.25, 0.3) is 0 Å². The first-order valence-electron chi connectivity index (χ1n) is 6.23. The van der Waals surface area contributed by atoms with E-state index in [0.29, 0.717) is 11.6 Å². The van der Waals surface area contributed by atoms with E-state index in [9.17, 15) is 9.65 Å². The predicted octanol–water partition coefficient (Wildman–Crippen LogP) is 2.93. The van der Waals surface area contributed by atoms with Gasteiger partial charge in [-0.3, -0.25) is 5.32 Å². The molecule has 1 aliphatic rings. The molecule has 0 aliphatic heterocycles. The lowest BCUT2D eigenvalue weighted by Crippen LogP contribution is -2.29. The van der Waals surface area contributed by atoms with Crippen molar-refractivity contribution >= 4 is 0 Å². The van der Waals surface area contributed by atoms with Crippen LogP contribution in [0, 0.1) is 17.1 Å². The fourth-order valence-corrected chi connectivity index (χ4v) is 2.40. The van der Waals surface area contributed by atoms with E-state index in [2.05, 4.69) is 11.4 Å². The van der Waals surface area contributed by atoms with Crippen molar-refractivity contribution in [3.8, 4) is 11.8 Å². The Bertz CT molecular complexity index is 450. The van der Waals surface area contributed by atoms with Gasteiger partial charge in [0.05, 0.1) is 13.2 Å². The number of halogens is 1. The Hall–Kier alpha value is -1.60. The standard InChI is InChI=1S/C14H17FN2O/c1-18-14-7-6-10(8-12(14)15)13(9-16)17-11-4-2-3-5-11/h6-8,11,13,17H,2-5H2,1H3. The summed E-state index contributed by atoms with van der Waals surface area (Å²) in [6.45, 7) is 0. The van der Waals surface area contributed by atoms with Crippen LogP contribution in [0.3, 0.4) is 0 Å². The van der Waals surface area contributed by atoms with E-state index in [1.807, 2.05) is 0 Å². The Balaban J connectivity index is 2.12. The molecule has 1 N–H and O–H groups in total. The summed E-state index contributed by atoms with van der Waals surface area (Å²) < 4.78 is 18.5. The Morgan fingerprint density at radius 3 is 2.72 bits per heavy atom. The first-order chi connectivity index (χ1) is 8.74. The van der Waals surface area contributed by atoms with Crippen molar-refractivity contribution < 1.29 is 9.13 Å². The monoisotopic (exact) mass is 248 g/mol. The highest BCUT2D eigenvalue weighted by Gasteiger charge is 2.20. The molecule has 96 valence electrons. The van der Waals surface area contributed by atoms with Crippen molar-refractivity contribution in [2.75, 3.05) is 7.11 Å². The minimum absolute atomic E-state index is 0.205. The van der Waals surface area contributed by atoms with Gasteiger partial charge in [-0.1, -0.05) is 18.9 Å². The average molecular weight is 248 g/mol. The number of rotatable bonds is 4. The zero-order valence-corrected chi connectivity index (χ0v) is 10.4. The van der Waals surface area contributed by atoms with E-state index >= 15 is 0 Å². The van der Waals surface area contributed by atoms with E-state index in [1.54, 1.807) is 12.1 Å². The van der Waals surface area contributed by atoms with E-state index < -0.39 is 11.9 Å². The van der Waals surface area contributed by atoms with Gasteiger partial charge in [0.1, 0.15) is 6.04 Å². The third-order valence-electron chi connectivity index (χ3n) is 3.40. The lowest BCUT2D eigenvalue weighted by Gasteiger charge is -2.17. The molecule has 0 amide bonds. The maximum atomic E-state index is 13.6. The summed E-state index contributed by atoms with van der Waals surface area (Å²) in [5, 5.41) is 12.5. The van der Waals surface area contributed by atoms with Crippen LogP contribution in [0.1, 0.15) is 37.3 Å². The van der Waals surface area contributed by atoms with Crippen molar-refractivity contribution in [3.05, 3.63) is 29.6 Å². The summed E-state index contributed by atoms with van der Waals surface area (Å²) >= 11 is 0. The zero-order chi connectivity index (χ0) is 13.0. The van der Waals surface area contributed by atoms with Crippen LogP contribution in [0.2, 0.25) is 0 Å². The number of nitrogens with one attached hydrogen (secondary N) is 1. The maximum Gasteiger partial charge on any atom is 0.165 e. The number of methoxy groups -OCH3 is 1. The fourth-order valence-electron chi connectivity index (χ4n) is 2.40. The molecule has 1 unspecified atom stereocenters. The molecule has 0 spiro atoms. The molecular formula is C14H17FN2O. The van der Waals surface area contributed by atoms with Crippen LogP contribution in [-0.4, -0.2) is 13.2 Å². The van der Waals surface area contributed by atoms with Gasteiger partial charge in [-0.25, -0.2) is 4.39 Å². The predicted molar refractivity (Wildman–Crippen MR) is 66.7 cm³/mol. The molecule has 0 aromatic heterocycles. The molecule has 1 aliphatic carbocycles. The zero-order valence-electron chi connectivity index (χ0n) is 10.4. The number of nitriles is 1. The summed E-state index contributed by atoms with van der Waals surface area (Å²) in [6.07, 6.45) is 4.59. The van der Waals surface area contributed by atoms with Crippen LogP contribution in [-0.2, 0) is 0 Å². The Kier molecular flexibility index (Phi) is 4.16. The summed E-state index contributed by atoms with van der Waals surface area (Å²) in [4.78, 5) is 0. The quantitative estimate of drug-likeness (QED) is 0.891. The molecule has 1 fully saturated rings. The first-order valence-corrected chi connectivity index (χ1v) is 6.23. The van der Waals surface area contributed by atoms with E-state index in [-0.39, 0.29) is 5.75 Å². The van der Waals surface area contributed by atoms with E-state index in [4.69, 9.17) is 4.74 Å². The molecule has 0 saturated heterocycles. The van der Waals surface area contributed by atoms with Gasteiger partial charge < -0.3 is 4.74 Å². The van der Waals surface area contributed by atoms with Crippen LogP contribution < -0.4 is 10.1 Å². The van der Waals surface area contributed by atoms with Gasteiger partial charge in [-0.2, -0.15) is 5.26 Å². The third kappa shape index (κ3) is 2.80. The third-order valence-corrected chi connectivity index (χ3v) is 3.40. The highest BCUT2D eigenvalue weighted by molar-refractivity contribution is 5.33. The van der Waals surface area contributed by atoms with Crippen molar-refractivity contribution in [1.29, 1.82) is 5.26 Å². The fraction of sp³-hybridized carbons (Fsp3) is 0.500. The number of nitrogens with zero attached hydrogens (tertiary/aromatic N) is 1. The largest absolute Gasteiger partial charge is 0.494 e. The average Bonchev–Trinajstić information content (AvgIpc) is 2.88. The molecule has 1 aromatic carbocycles. The lowest BCUT2D eigenvalue weighted by molar-refractivity contribution is 0.385. The molecule has 18 heavy (non-hydrogen) atoms. The number of ether oxygens (including phenoxy) is 1. The molecular weight excluding hydrogens is 231 g/mol. The topological polar surface area (TPSA) is 45.0 Å². The second kappa shape index (κ2) is 5.83. The smallest absolute Gasteiger partial charge is 0.165 e. The molecule has 3 nitrogen and oxygen atoms in total. The SMILES string of the molecule is COc1ccc(C(C#N)NC2CCCC2)cc1F. The van der Waals surface area contributed by atoms with Crippen molar-refractivity contribution in [2.45, 2.75) is 37.8 Å². The molecule has 0 radical (unpaired) electrons. The summed E-state index contributed by atoms with van der Waals surface area (Å²) in [7, 11) is 1.43. The minimum Gasteiger partial charge on any atom is -0.494 e. The van der Waals surface area contributed by atoms with E-state index in [0.717, 1.165) is 12.8 Å². The van der Waals surface area contributed by atoms with Crippen molar-refractivity contribution in [3.63, 3.8) is 0 Å². The maximum absolute atomic E-state index is 13.6. The van der Waals surface area contributed by atoms with Gasteiger partial charge in [-0.05, 0) is 30.5 Å². The minimum atomic E-state index is -0.450. The highest BCUT2D eigenvalue weighted by Crippen LogP contribution is 2.25. The van der Waals surface area contributed by atoms with Gasteiger partial charge in [0, 0.05) is 6.04 Å². The second-order valence-corrected chi connectivity index (χ2v) is 4.60. The van der Waals surface area contributed by atoms with Gasteiger partial charge >= 0.3 is 0 Å². The Morgan fingerprint density at radius 2 is 2.17 bits per heavy atom. The van der Waals surface area contributed by atoms with Crippen LogP contribution >= 0.6 is 0 Å². The summed E-state index contributed by atoms with van der Waals surface area (Å²) in [5.74, 6) is -0.222. The van der Waals surface area contributed by atoms with E-state index in [1.165, 1.54) is 26.0 Å². The second-order valence-electron chi connectivity index (χ2n) is 4.60. The molecule has 1 aromatic rings. The molecule has 4 heteroatoms. The van der Waals surface area contributed by atoms with Crippen molar-refractivity contribution in [1.82, 2.24) is 5.32 Å². The number of hydrogen-bond acceptors (Lipinski definition) is 3. The molecule has 0 bridgehead atoms. The molecule has 1 saturated carbocycles. The first kappa shape index (κ1) is 12.8.